The maximum atomic E-state index is 14.9. The fourth-order valence-corrected chi connectivity index (χ4v) is 7.23. The Labute approximate surface area is 243 Å². The third-order valence-corrected chi connectivity index (χ3v) is 9.85. The van der Waals surface area contributed by atoms with Crippen molar-refractivity contribution in [2.45, 2.75) is 49.0 Å². The lowest BCUT2D eigenvalue weighted by Gasteiger charge is -2.20. The summed E-state index contributed by atoms with van der Waals surface area (Å²) in [4.78, 5) is 46.7. The van der Waals surface area contributed by atoms with Gasteiger partial charge in [0.1, 0.15) is 59.2 Å². The maximum Gasteiger partial charge on any atom is 0.481 e. The SMILES string of the molecule is NC(=O)c1csc([C@@H]2O[C@H](COP(=O)(O)OP(=O)(O)OC[C@H]3O[C@@H](n4cnc5c(N)ncnc54)[C@H](F)[C@@H]3O)[C@@H](O)[C@H]2O)n1. The van der Waals surface area contributed by atoms with Gasteiger partial charge in [0.05, 0.1) is 19.5 Å². The number of aromatic nitrogens is 5. The summed E-state index contributed by atoms with van der Waals surface area (Å²) in [5.41, 5.74) is 11.0. The summed E-state index contributed by atoms with van der Waals surface area (Å²) >= 11 is 0.900. The van der Waals surface area contributed by atoms with E-state index < -0.39 is 83.8 Å². The van der Waals surface area contributed by atoms with Crippen LogP contribution in [0.25, 0.3) is 11.2 Å². The van der Waals surface area contributed by atoms with Crippen molar-refractivity contribution in [3.63, 3.8) is 0 Å². The molecule has 0 aliphatic carbocycles. The molecule has 236 valence electrons. The molecule has 2 unspecified atom stereocenters. The number of ether oxygens (including phenoxy) is 2. The van der Waals surface area contributed by atoms with E-state index in [2.05, 4.69) is 33.3 Å². The van der Waals surface area contributed by atoms with E-state index in [1.807, 2.05) is 0 Å². The zero-order valence-electron chi connectivity index (χ0n) is 21.3. The Hall–Kier alpha value is -2.56. The van der Waals surface area contributed by atoms with Crippen LogP contribution >= 0.6 is 27.0 Å². The number of hydrogen-bond donors (Lipinski definition) is 7. The van der Waals surface area contributed by atoms with Crippen molar-refractivity contribution in [2.24, 2.45) is 5.73 Å². The minimum Gasteiger partial charge on any atom is -0.387 e. The summed E-state index contributed by atoms with van der Waals surface area (Å²) in [5.74, 6) is -0.829. The lowest BCUT2D eigenvalue weighted by molar-refractivity contribution is -0.0457. The van der Waals surface area contributed by atoms with Crippen molar-refractivity contribution in [2.75, 3.05) is 18.9 Å². The Kier molecular flexibility index (Phi) is 8.95. The molecular weight excluding hydrogens is 647 g/mol. The molecule has 24 heteroatoms. The van der Waals surface area contributed by atoms with Gasteiger partial charge >= 0.3 is 15.6 Å². The van der Waals surface area contributed by atoms with E-state index in [0.717, 1.165) is 28.6 Å². The Balaban J connectivity index is 1.15. The maximum absolute atomic E-state index is 14.9. The van der Waals surface area contributed by atoms with Crippen molar-refractivity contribution in [3.05, 3.63) is 28.7 Å². The molecule has 0 aromatic carbocycles. The number of nitrogens with two attached hydrogens (primary N) is 2. The van der Waals surface area contributed by atoms with Crippen LogP contribution in [0.2, 0.25) is 0 Å². The van der Waals surface area contributed by atoms with Gasteiger partial charge in [-0.1, -0.05) is 0 Å². The van der Waals surface area contributed by atoms with Crippen molar-refractivity contribution in [1.82, 2.24) is 24.5 Å². The van der Waals surface area contributed by atoms with Crippen molar-refractivity contribution < 1.29 is 66.3 Å². The van der Waals surface area contributed by atoms with Crippen molar-refractivity contribution in [1.29, 1.82) is 0 Å². The molecule has 0 radical (unpaired) electrons. The van der Waals surface area contributed by atoms with Gasteiger partial charge in [-0.3, -0.25) is 18.4 Å². The lowest BCUT2D eigenvalue weighted by atomic mass is 10.1. The highest BCUT2D eigenvalue weighted by atomic mass is 32.1. The first kappa shape index (κ1) is 31.9. The highest BCUT2D eigenvalue weighted by Gasteiger charge is 2.49. The number of carbonyl (C=O) groups excluding carboxylic acids is 1. The smallest absolute Gasteiger partial charge is 0.387 e. The zero-order chi connectivity index (χ0) is 31.3. The van der Waals surface area contributed by atoms with Crippen LogP contribution in [-0.2, 0) is 32.0 Å². The van der Waals surface area contributed by atoms with Gasteiger partial charge in [0, 0.05) is 5.38 Å². The molecule has 2 saturated heterocycles. The molecule has 9 N–H and O–H groups in total. The highest BCUT2D eigenvalue weighted by Crippen LogP contribution is 2.61. The van der Waals surface area contributed by atoms with Gasteiger partial charge < -0.3 is 46.0 Å². The highest BCUT2D eigenvalue weighted by molar-refractivity contribution is 7.61. The average molecular weight is 671 g/mol. The van der Waals surface area contributed by atoms with E-state index in [0.29, 0.717) is 0 Å². The molecule has 0 bridgehead atoms. The molecule has 3 aromatic rings. The first-order valence-corrected chi connectivity index (χ1v) is 15.9. The van der Waals surface area contributed by atoms with Crippen molar-refractivity contribution >= 4 is 49.9 Å². The number of nitrogen functional groups attached to an aromatic ring is 1. The number of rotatable bonds is 11. The molecule has 10 atom stereocenters. The normalized spacial score (nSPS) is 32.1. The lowest BCUT2D eigenvalue weighted by Crippen LogP contribution is -2.33. The molecule has 2 fully saturated rings. The number of amides is 1. The number of aliphatic hydroxyl groups excluding tert-OH is 3. The molecule has 3 aromatic heterocycles. The zero-order valence-corrected chi connectivity index (χ0v) is 23.9. The first-order valence-electron chi connectivity index (χ1n) is 12.0. The molecule has 43 heavy (non-hydrogen) atoms. The Bertz CT molecular complexity index is 1600. The molecule has 20 nitrogen and oxygen atoms in total. The van der Waals surface area contributed by atoms with E-state index >= 15 is 0 Å². The number of thiazole rings is 1. The molecule has 2 aliphatic rings. The summed E-state index contributed by atoms with van der Waals surface area (Å²) in [7, 11) is -10.8. The second-order valence-corrected chi connectivity index (χ2v) is 13.1. The van der Waals surface area contributed by atoms with Crippen LogP contribution < -0.4 is 11.5 Å². The van der Waals surface area contributed by atoms with E-state index in [1.165, 1.54) is 5.38 Å². The van der Waals surface area contributed by atoms with Crippen LogP contribution in [0.15, 0.2) is 18.0 Å². The van der Waals surface area contributed by atoms with Gasteiger partial charge in [-0.15, -0.1) is 11.3 Å². The Morgan fingerprint density at radius 2 is 1.70 bits per heavy atom. The number of phosphoric acid groups is 2. The standard InChI is InChI=1S/C19H24FN7O13P2S/c20-9-11(28)7(39-19(9)27-5-25-10-15(21)23-4-24-17(10)27)1-36-41(32,33)40-42(34,35)37-2-8-12(29)13(30)14(38-8)18-26-6(3-43-18)16(22)31/h3-5,7-9,11-14,19,28-30H,1-2H2,(H2,22,31)(H,32,33)(H,34,35)(H2,21,23,24)/t7-,8-,9-,11-,12-,13-,14-,19-/m1/s1. The first-order chi connectivity index (χ1) is 20.2. The van der Waals surface area contributed by atoms with Gasteiger partial charge in [0.25, 0.3) is 5.91 Å². The number of imidazole rings is 1. The van der Waals surface area contributed by atoms with Gasteiger partial charge in [-0.05, 0) is 0 Å². The molecular formula is C19H24FN7O13P2S. The molecule has 2 aliphatic heterocycles. The second kappa shape index (κ2) is 12.1. The number of aliphatic hydroxyl groups is 3. The number of primary amides is 1. The minimum absolute atomic E-state index is 0.00918. The third kappa shape index (κ3) is 6.61. The Morgan fingerprint density at radius 1 is 1.05 bits per heavy atom. The Morgan fingerprint density at radius 3 is 2.33 bits per heavy atom. The molecule has 5 heterocycles. The number of phosphoric ester groups is 2. The number of halogens is 1. The summed E-state index contributed by atoms with van der Waals surface area (Å²) in [6.45, 7) is -1.89. The summed E-state index contributed by atoms with van der Waals surface area (Å²) < 4.78 is 65.1. The molecule has 5 rings (SSSR count). The quantitative estimate of drug-likeness (QED) is 0.116. The number of carbonyl (C=O) groups is 1. The number of hydrogen-bond acceptors (Lipinski definition) is 17. The number of fused-ring (bicyclic) bond motifs is 1. The average Bonchev–Trinajstić information content (AvgIpc) is 3.70. The van der Waals surface area contributed by atoms with Crippen LogP contribution in [0.4, 0.5) is 10.2 Å². The van der Waals surface area contributed by atoms with Crippen LogP contribution in [0.5, 0.6) is 0 Å². The topological polar surface area (TPSA) is 307 Å². The van der Waals surface area contributed by atoms with E-state index in [1.54, 1.807) is 0 Å². The monoisotopic (exact) mass is 671 g/mol. The van der Waals surface area contributed by atoms with Crippen LogP contribution in [0.3, 0.4) is 0 Å². The van der Waals surface area contributed by atoms with E-state index in [4.69, 9.17) is 20.9 Å². The molecule has 0 saturated carbocycles. The summed E-state index contributed by atoms with van der Waals surface area (Å²) in [5, 5.41) is 32.2. The fourth-order valence-electron chi connectivity index (χ4n) is 4.26. The summed E-state index contributed by atoms with van der Waals surface area (Å²) in [6.07, 6.45) is -10.7. The van der Waals surface area contributed by atoms with Gasteiger partial charge in [0.2, 0.25) is 0 Å². The van der Waals surface area contributed by atoms with Crippen molar-refractivity contribution in [3.8, 4) is 0 Å². The van der Waals surface area contributed by atoms with Gasteiger partial charge in [-0.25, -0.2) is 33.5 Å². The van der Waals surface area contributed by atoms with Crippen LogP contribution in [-0.4, -0.2) is 105 Å². The molecule has 1 amide bonds. The van der Waals surface area contributed by atoms with Gasteiger partial charge in [-0.2, -0.15) is 4.31 Å². The predicted octanol–water partition coefficient (Wildman–Crippen LogP) is -1.33. The largest absolute Gasteiger partial charge is 0.481 e. The van der Waals surface area contributed by atoms with E-state index in [-0.39, 0.29) is 27.7 Å². The number of nitrogens with zero attached hydrogens (tertiary/aromatic N) is 5. The third-order valence-electron chi connectivity index (χ3n) is 6.35. The fraction of sp³-hybridized carbons (Fsp3) is 0.526. The van der Waals surface area contributed by atoms with Gasteiger partial charge in [0.15, 0.2) is 23.9 Å². The van der Waals surface area contributed by atoms with E-state index in [9.17, 15) is 43.4 Å². The van der Waals surface area contributed by atoms with Crippen LogP contribution in [0.1, 0.15) is 27.8 Å². The van der Waals surface area contributed by atoms with Crippen LogP contribution in [0, 0.1) is 0 Å². The molecule has 0 spiro atoms. The predicted molar refractivity (Wildman–Crippen MR) is 137 cm³/mol. The minimum atomic E-state index is -5.41. The number of alkyl halides is 1. The summed E-state index contributed by atoms with van der Waals surface area (Å²) in [6, 6.07) is 0. The number of anilines is 1. The second-order valence-electron chi connectivity index (χ2n) is 9.20.